The number of benzene rings is 1. The lowest BCUT2D eigenvalue weighted by atomic mass is 9.68. The molecule has 0 N–H and O–H groups in total. The number of allylic oxidation sites excluding steroid dienone is 1. The molecule has 0 aromatic heterocycles. The molecule has 0 amide bonds. The summed E-state index contributed by atoms with van der Waals surface area (Å²) in [6.07, 6.45) is 5.99. The molecule has 4 rings (SSSR count). The highest BCUT2D eigenvalue weighted by Crippen LogP contribution is 2.57. The third-order valence-corrected chi connectivity index (χ3v) is 5.22. The van der Waals surface area contributed by atoms with E-state index in [-0.39, 0.29) is 5.41 Å². The van der Waals surface area contributed by atoms with E-state index in [1.54, 1.807) is 11.1 Å². The minimum atomic E-state index is 0.283. The van der Waals surface area contributed by atoms with E-state index in [4.69, 9.17) is 4.74 Å². The molecule has 2 aliphatic carbocycles. The van der Waals surface area contributed by atoms with Gasteiger partial charge in [0.25, 0.3) is 0 Å². The maximum atomic E-state index is 6.06. The second-order valence-electron chi connectivity index (χ2n) is 7.66. The maximum absolute atomic E-state index is 6.06. The molecule has 106 valence electrons. The molecule has 20 heavy (non-hydrogen) atoms. The fourth-order valence-electron chi connectivity index (χ4n) is 4.43. The molecule has 1 fully saturated rings. The molecule has 3 atom stereocenters. The maximum Gasteiger partial charge on any atom is 0.114 e. The van der Waals surface area contributed by atoms with Gasteiger partial charge in [0.05, 0.1) is 0 Å². The summed E-state index contributed by atoms with van der Waals surface area (Å²) in [5, 5.41) is 0. The first-order valence-electron chi connectivity index (χ1n) is 8.03. The molecule has 1 aromatic carbocycles. The number of ether oxygens (including phenoxy) is 1. The normalized spacial score (nSPS) is 32.0. The zero-order valence-electron chi connectivity index (χ0n) is 12.8. The zero-order chi connectivity index (χ0) is 13.9. The molecular formula is C19H24O. The van der Waals surface area contributed by atoms with Crippen LogP contribution in [0, 0.1) is 5.41 Å². The summed E-state index contributed by atoms with van der Waals surface area (Å²) in [4.78, 5) is 0. The number of hydrogen-bond donors (Lipinski definition) is 0. The van der Waals surface area contributed by atoms with Gasteiger partial charge in [0.15, 0.2) is 0 Å². The summed E-state index contributed by atoms with van der Waals surface area (Å²) in [7, 11) is 0. The Morgan fingerprint density at radius 3 is 2.25 bits per heavy atom. The Kier molecular flexibility index (Phi) is 2.66. The standard InChI is InChI=1S/C19H24O/c1-19(2,3)16-12-8-4-6-10-14(12)17-18(20-17)15-11-7-5-9-13(15)16/h4,6,8,10,16-18H,5,7,9,11H2,1-3H3. The number of rotatable bonds is 0. The van der Waals surface area contributed by atoms with Crippen LogP contribution in [0.2, 0.25) is 0 Å². The van der Waals surface area contributed by atoms with Gasteiger partial charge in [-0.1, -0.05) is 50.6 Å². The minimum Gasteiger partial charge on any atom is -0.360 e. The number of epoxide rings is 1. The Labute approximate surface area is 122 Å². The van der Waals surface area contributed by atoms with Crippen LogP contribution < -0.4 is 0 Å². The van der Waals surface area contributed by atoms with Crippen molar-refractivity contribution in [2.24, 2.45) is 5.41 Å². The molecule has 1 aromatic rings. The minimum absolute atomic E-state index is 0.283. The lowest BCUT2D eigenvalue weighted by molar-refractivity contribution is 0.324. The topological polar surface area (TPSA) is 12.5 Å². The van der Waals surface area contributed by atoms with Crippen molar-refractivity contribution in [3.8, 4) is 0 Å². The van der Waals surface area contributed by atoms with Crippen LogP contribution in [0.5, 0.6) is 0 Å². The molecule has 1 saturated heterocycles. The third kappa shape index (κ3) is 1.79. The van der Waals surface area contributed by atoms with Crippen molar-refractivity contribution in [3.05, 3.63) is 46.5 Å². The monoisotopic (exact) mass is 268 g/mol. The van der Waals surface area contributed by atoms with Crippen LogP contribution in [0.1, 0.15) is 69.6 Å². The highest BCUT2D eigenvalue weighted by Gasteiger charge is 2.50. The smallest absolute Gasteiger partial charge is 0.114 e. The lowest BCUT2D eigenvalue weighted by Gasteiger charge is -2.36. The van der Waals surface area contributed by atoms with Crippen LogP contribution in [-0.4, -0.2) is 6.10 Å². The largest absolute Gasteiger partial charge is 0.360 e. The predicted molar refractivity (Wildman–Crippen MR) is 81.7 cm³/mol. The predicted octanol–water partition coefficient (Wildman–Crippen LogP) is 5.14. The van der Waals surface area contributed by atoms with E-state index in [0.717, 1.165) is 0 Å². The van der Waals surface area contributed by atoms with E-state index in [2.05, 4.69) is 45.0 Å². The molecule has 0 bridgehead atoms. The van der Waals surface area contributed by atoms with E-state index in [9.17, 15) is 0 Å². The van der Waals surface area contributed by atoms with Crippen molar-refractivity contribution in [1.82, 2.24) is 0 Å². The summed E-state index contributed by atoms with van der Waals surface area (Å²) in [5.74, 6) is 0.574. The van der Waals surface area contributed by atoms with Crippen molar-refractivity contribution >= 4 is 0 Å². The van der Waals surface area contributed by atoms with Gasteiger partial charge < -0.3 is 4.74 Å². The van der Waals surface area contributed by atoms with E-state index in [1.807, 2.05) is 0 Å². The van der Waals surface area contributed by atoms with E-state index in [0.29, 0.717) is 18.1 Å². The van der Waals surface area contributed by atoms with Gasteiger partial charge in [0, 0.05) is 5.92 Å². The summed E-state index contributed by atoms with van der Waals surface area (Å²) >= 11 is 0. The summed E-state index contributed by atoms with van der Waals surface area (Å²) in [6.45, 7) is 7.18. The highest BCUT2D eigenvalue weighted by molar-refractivity contribution is 5.48. The Morgan fingerprint density at radius 2 is 1.55 bits per heavy atom. The quantitative estimate of drug-likeness (QED) is 0.469. The van der Waals surface area contributed by atoms with Crippen LogP contribution in [0.15, 0.2) is 35.4 Å². The molecule has 3 aliphatic rings. The first-order chi connectivity index (χ1) is 9.57. The average Bonchev–Trinajstić information content (AvgIpc) is 3.18. The van der Waals surface area contributed by atoms with Crippen LogP contribution in [0.25, 0.3) is 0 Å². The lowest BCUT2D eigenvalue weighted by Crippen LogP contribution is -2.23. The van der Waals surface area contributed by atoms with Crippen LogP contribution in [-0.2, 0) is 4.74 Å². The third-order valence-electron chi connectivity index (χ3n) is 5.22. The van der Waals surface area contributed by atoms with Gasteiger partial charge in [0.2, 0.25) is 0 Å². The van der Waals surface area contributed by atoms with Crippen LogP contribution in [0.4, 0.5) is 0 Å². The second-order valence-corrected chi connectivity index (χ2v) is 7.66. The Bertz CT molecular complexity index is 576. The molecule has 1 aliphatic heterocycles. The number of fused-ring (bicyclic) bond motifs is 4. The van der Waals surface area contributed by atoms with Gasteiger partial charge in [-0.3, -0.25) is 0 Å². The zero-order valence-corrected chi connectivity index (χ0v) is 12.8. The second kappa shape index (κ2) is 4.21. The van der Waals surface area contributed by atoms with Crippen LogP contribution in [0.3, 0.4) is 0 Å². The molecule has 1 nitrogen and oxygen atoms in total. The van der Waals surface area contributed by atoms with Gasteiger partial charge >= 0.3 is 0 Å². The van der Waals surface area contributed by atoms with Gasteiger partial charge in [-0.25, -0.2) is 0 Å². The molecule has 0 saturated carbocycles. The molecule has 3 unspecified atom stereocenters. The summed E-state index contributed by atoms with van der Waals surface area (Å²) in [6, 6.07) is 9.00. The van der Waals surface area contributed by atoms with Crippen molar-refractivity contribution in [2.45, 2.75) is 64.6 Å². The van der Waals surface area contributed by atoms with Crippen molar-refractivity contribution in [3.63, 3.8) is 0 Å². The molecular weight excluding hydrogens is 244 g/mol. The Morgan fingerprint density at radius 1 is 0.900 bits per heavy atom. The number of hydrogen-bond acceptors (Lipinski definition) is 1. The van der Waals surface area contributed by atoms with Gasteiger partial charge in [-0.05, 0) is 47.8 Å². The summed E-state index contributed by atoms with van der Waals surface area (Å²) < 4.78 is 6.06. The fraction of sp³-hybridized carbons (Fsp3) is 0.579. The van der Waals surface area contributed by atoms with E-state index < -0.39 is 0 Å². The first kappa shape index (κ1) is 12.6. The van der Waals surface area contributed by atoms with Crippen molar-refractivity contribution < 1.29 is 4.74 Å². The highest BCUT2D eigenvalue weighted by atomic mass is 16.6. The van der Waals surface area contributed by atoms with E-state index >= 15 is 0 Å². The molecule has 0 spiro atoms. The first-order valence-corrected chi connectivity index (χ1v) is 8.03. The van der Waals surface area contributed by atoms with Crippen LogP contribution >= 0.6 is 0 Å². The SMILES string of the molecule is CC(C)(C)C1C2=C(CCCC2)C2OC2c2ccccc21. The fourth-order valence-corrected chi connectivity index (χ4v) is 4.43. The van der Waals surface area contributed by atoms with Crippen molar-refractivity contribution in [1.29, 1.82) is 0 Å². The van der Waals surface area contributed by atoms with Gasteiger partial charge in [0.1, 0.15) is 12.2 Å². The Hall–Kier alpha value is -1.08. The van der Waals surface area contributed by atoms with Gasteiger partial charge in [-0.2, -0.15) is 0 Å². The van der Waals surface area contributed by atoms with E-state index in [1.165, 1.54) is 36.8 Å². The van der Waals surface area contributed by atoms with Crippen molar-refractivity contribution in [2.75, 3.05) is 0 Å². The van der Waals surface area contributed by atoms with Gasteiger partial charge in [-0.15, -0.1) is 0 Å². The Balaban J connectivity index is 1.94. The average molecular weight is 268 g/mol. The summed E-state index contributed by atoms with van der Waals surface area (Å²) in [5.41, 5.74) is 6.62. The molecule has 1 heterocycles. The molecule has 0 radical (unpaired) electrons. The molecule has 1 heteroatoms.